The van der Waals surface area contributed by atoms with Crippen LogP contribution in [0.25, 0.3) is 6.08 Å². The average Bonchev–Trinajstić information content (AvgIpc) is 2.90. The van der Waals surface area contributed by atoms with Crippen molar-refractivity contribution in [1.82, 2.24) is 5.32 Å². The summed E-state index contributed by atoms with van der Waals surface area (Å²) in [6.07, 6.45) is 1.78. The summed E-state index contributed by atoms with van der Waals surface area (Å²) >= 11 is 12.0. The first-order valence-corrected chi connectivity index (χ1v) is 10.7. The Kier molecular flexibility index (Phi) is 6.96. The summed E-state index contributed by atoms with van der Waals surface area (Å²) in [5.74, 6) is 1.30. The lowest BCUT2D eigenvalue weighted by Gasteiger charge is -2.11. The fraction of sp³-hybridized carbons (Fsp3) is 0.111. The van der Waals surface area contributed by atoms with Gasteiger partial charge in [0.25, 0.3) is 5.91 Å². The molecular formula is C18H13BrINO3S2. The van der Waals surface area contributed by atoms with Crippen molar-refractivity contribution in [3.05, 3.63) is 61.0 Å². The minimum absolute atomic E-state index is 0.187. The highest BCUT2D eigenvalue weighted by molar-refractivity contribution is 14.1. The van der Waals surface area contributed by atoms with Crippen LogP contribution in [0.2, 0.25) is 0 Å². The highest BCUT2D eigenvalue weighted by atomic mass is 127. The molecule has 2 aromatic carbocycles. The quantitative estimate of drug-likeness (QED) is 0.233. The van der Waals surface area contributed by atoms with Crippen LogP contribution in [0.1, 0.15) is 5.56 Å². The third-order valence-electron chi connectivity index (χ3n) is 3.31. The van der Waals surface area contributed by atoms with E-state index in [9.17, 15) is 4.79 Å². The molecule has 0 saturated carbocycles. The van der Waals surface area contributed by atoms with Gasteiger partial charge in [-0.2, -0.15) is 0 Å². The molecule has 1 aliphatic rings. The first-order valence-electron chi connectivity index (χ1n) is 7.57. The first-order chi connectivity index (χ1) is 12.5. The molecule has 1 aliphatic heterocycles. The summed E-state index contributed by atoms with van der Waals surface area (Å²) in [6, 6.07) is 13.5. The zero-order chi connectivity index (χ0) is 18.5. The molecule has 0 atom stereocenters. The zero-order valence-corrected chi connectivity index (χ0v) is 18.7. The van der Waals surface area contributed by atoms with Gasteiger partial charge in [-0.05, 0) is 65.1 Å². The van der Waals surface area contributed by atoms with Crippen molar-refractivity contribution >= 4 is 78.8 Å². The maximum absolute atomic E-state index is 11.9. The molecule has 1 saturated heterocycles. The number of carbonyl (C=O) groups excluding carboxylic acids is 1. The molecular weight excluding hydrogens is 549 g/mol. The van der Waals surface area contributed by atoms with Gasteiger partial charge in [0, 0.05) is 13.6 Å². The highest BCUT2D eigenvalue weighted by Gasteiger charge is 2.22. The molecule has 4 nitrogen and oxygen atoms in total. The Hall–Kier alpha value is -1.10. The summed E-state index contributed by atoms with van der Waals surface area (Å²) in [7, 11) is 0. The van der Waals surface area contributed by atoms with E-state index < -0.39 is 0 Å². The Morgan fingerprint density at radius 1 is 1.19 bits per heavy atom. The number of amides is 1. The van der Waals surface area contributed by atoms with Crippen molar-refractivity contribution in [3.8, 4) is 11.5 Å². The maximum Gasteiger partial charge on any atom is 0.263 e. The molecule has 134 valence electrons. The molecule has 8 heteroatoms. The molecule has 2 aromatic rings. The summed E-state index contributed by atoms with van der Waals surface area (Å²) < 4.78 is 14.0. The fourth-order valence-corrected chi connectivity index (χ4v) is 4.12. The summed E-state index contributed by atoms with van der Waals surface area (Å²) in [5, 5.41) is 2.61. The molecule has 0 aromatic heterocycles. The number of hydrogen-bond donors (Lipinski definition) is 1. The topological polar surface area (TPSA) is 47.6 Å². The van der Waals surface area contributed by atoms with Gasteiger partial charge in [0.1, 0.15) is 29.0 Å². The minimum Gasteiger partial charge on any atom is -0.490 e. The van der Waals surface area contributed by atoms with Gasteiger partial charge in [-0.3, -0.25) is 4.79 Å². The Morgan fingerprint density at radius 3 is 2.73 bits per heavy atom. The molecule has 26 heavy (non-hydrogen) atoms. The first kappa shape index (κ1) is 19.7. The maximum atomic E-state index is 11.9. The molecule has 3 rings (SSSR count). The lowest BCUT2D eigenvalue weighted by Crippen LogP contribution is -2.17. The van der Waals surface area contributed by atoms with E-state index in [4.69, 9.17) is 21.7 Å². The second-order valence-corrected chi connectivity index (χ2v) is 9.07. The lowest BCUT2D eigenvalue weighted by molar-refractivity contribution is -0.115. The summed E-state index contributed by atoms with van der Waals surface area (Å²) in [4.78, 5) is 12.4. The van der Waals surface area contributed by atoms with E-state index in [1.165, 1.54) is 11.8 Å². The van der Waals surface area contributed by atoms with Gasteiger partial charge in [-0.15, -0.1) is 0 Å². The zero-order valence-electron chi connectivity index (χ0n) is 13.3. The van der Waals surface area contributed by atoms with Crippen molar-refractivity contribution in [2.24, 2.45) is 0 Å². The Balaban J connectivity index is 1.65. The number of thiocarbonyl (C=S) groups is 1. The number of benzene rings is 2. The molecule has 0 radical (unpaired) electrons. The smallest absolute Gasteiger partial charge is 0.263 e. The van der Waals surface area contributed by atoms with Gasteiger partial charge in [0.2, 0.25) is 0 Å². The van der Waals surface area contributed by atoms with Gasteiger partial charge in [0.15, 0.2) is 0 Å². The largest absolute Gasteiger partial charge is 0.490 e. The van der Waals surface area contributed by atoms with E-state index in [0.29, 0.717) is 28.2 Å². The molecule has 1 heterocycles. The van der Waals surface area contributed by atoms with Crippen molar-refractivity contribution in [2.45, 2.75) is 0 Å². The normalized spacial score (nSPS) is 15.2. The van der Waals surface area contributed by atoms with Gasteiger partial charge < -0.3 is 14.8 Å². The SMILES string of the molecule is O=C1NC(=S)S/C1=C\c1cc(Br)ccc1OCCOc1cccc(I)c1. The third kappa shape index (κ3) is 5.45. The van der Waals surface area contributed by atoms with E-state index in [-0.39, 0.29) is 5.91 Å². The fourth-order valence-electron chi connectivity index (χ4n) is 2.19. The summed E-state index contributed by atoms with van der Waals surface area (Å²) in [5.41, 5.74) is 0.802. The second kappa shape index (κ2) is 9.20. The van der Waals surface area contributed by atoms with Gasteiger partial charge in [0.05, 0.1) is 4.91 Å². The number of hydrogen-bond acceptors (Lipinski definition) is 5. The Bertz CT molecular complexity index is 888. The van der Waals surface area contributed by atoms with E-state index in [0.717, 1.165) is 19.4 Å². The van der Waals surface area contributed by atoms with Crippen molar-refractivity contribution in [3.63, 3.8) is 0 Å². The number of thioether (sulfide) groups is 1. The monoisotopic (exact) mass is 561 g/mol. The van der Waals surface area contributed by atoms with Crippen LogP contribution >= 0.6 is 62.5 Å². The average molecular weight is 562 g/mol. The number of rotatable bonds is 6. The molecule has 1 N–H and O–H groups in total. The molecule has 0 spiro atoms. The standard InChI is InChI=1S/C18H13BrINO3S2/c19-12-4-5-15(11(8-12)9-16-17(22)21-18(25)26-16)24-7-6-23-14-3-1-2-13(20)10-14/h1-5,8-10H,6-7H2,(H,21,22,25)/b16-9-. The van der Waals surface area contributed by atoms with E-state index in [1.807, 2.05) is 42.5 Å². The van der Waals surface area contributed by atoms with E-state index in [1.54, 1.807) is 6.08 Å². The van der Waals surface area contributed by atoms with Crippen LogP contribution in [-0.4, -0.2) is 23.4 Å². The summed E-state index contributed by atoms with van der Waals surface area (Å²) in [6.45, 7) is 0.812. The predicted molar refractivity (Wildman–Crippen MR) is 121 cm³/mol. The van der Waals surface area contributed by atoms with Crippen molar-refractivity contribution in [1.29, 1.82) is 0 Å². The van der Waals surface area contributed by atoms with Crippen LogP contribution in [0.3, 0.4) is 0 Å². The van der Waals surface area contributed by atoms with Gasteiger partial charge in [-0.25, -0.2) is 0 Å². The molecule has 0 bridgehead atoms. The number of halogens is 2. The van der Waals surface area contributed by atoms with Gasteiger partial charge in [-0.1, -0.05) is 46.0 Å². The highest BCUT2D eigenvalue weighted by Crippen LogP contribution is 2.31. The lowest BCUT2D eigenvalue weighted by atomic mass is 10.2. The molecule has 1 fully saturated rings. The number of carbonyl (C=O) groups is 1. The number of ether oxygens (including phenoxy) is 2. The predicted octanol–water partition coefficient (Wildman–Crippen LogP) is 5.00. The molecule has 0 aliphatic carbocycles. The van der Waals surface area contributed by atoms with E-state index >= 15 is 0 Å². The minimum atomic E-state index is -0.187. The van der Waals surface area contributed by atoms with Gasteiger partial charge >= 0.3 is 0 Å². The molecule has 1 amide bonds. The van der Waals surface area contributed by atoms with Crippen LogP contribution in [0.15, 0.2) is 51.8 Å². The van der Waals surface area contributed by atoms with E-state index in [2.05, 4.69) is 43.8 Å². The Morgan fingerprint density at radius 2 is 2.00 bits per heavy atom. The van der Waals surface area contributed by atoms with Crippen LogP contribution in [0.4, 0.5) is 0 Å². The second-order valence-electron chi connectivity index (χ2n) is 5.19. The molecule has 0 unspecified atom stereocenters. The third-order valence-corrected chi connectivity index (χ3v) is 5.63. The van der Waals surface area contributed by atoms with Crippen molar-refractivity contribution < 1.29 is 14.3 Å². The van der Waals surface area contributed by atoms with Crippen molar-refractivity contribution in [2.75, 3.05) is 13.2 Å². The van der Waals surface area contributed by atoms with Crippen LogP contribution < -0.4 is 14.8 Å². The Labute approximate surface area is 183 Å². The number of nitrogens with one attached hydrogen (secondary N) is 1. The van der Waals surface area contributed by atoms with Crippen LogP contribution in [0.5, 0.6) is 11.5 Å². The van der Waals surface area contributed by atoms with Crippen LogP contribution in [-0.2, 0) is 4.79 Å². The van der Waals surface area contributed by atoms with Crippen LogP contribution in [0, 0.1) is 3.57 Å².